The van der Waals surface area contributed by atoms with Crippen molar-refractivity contribution in [1.82, 2.24) is 9.80 Å². The van der Waals surface area contributed by atoms with Gasteiger partial charge in [-0.25, -0.2) is 4.39 Å². The predicted octanol–water partition coefficient (Wildman–Crippen LogP) is 1.17. The topological polar surface area (TPSA) is 40.6 Å². The van der Waals surface area contributed by atoms with Gasteiger partial charge in [0.05, 0.1) is 6.54 Å². The quantitative estimate of drug-likeness (QED) is 0.767. The van der Waals surface area contributed by atoms with E-state index in [4.69, 9.17) is 0 Å². The third kappa shape index (κ3) is 3.61. The number of amides is 1. The fraction of sp³-hybridized carbons (Fsp3) is 0.429. The average molecular weight is 264 g/mol. The average Bonchev–Trinajstić information content (AvgIpc) is 2.40. The molecule has 0 saturated carbocycles. The first-order valence-corrected chi connectivity index (χ1v) is 6.31. The van der Waals surface area contributed by atoms with Crippen molar-refractivity contribution >= 4 is 11.7 Å². The zero-order chi connectivity index (χ0) is 13.8. The van der Waals surface area contributed by atoms with Gasteiger partial charge in [-0.3, -0.25) is 14.5 Å². The van der Waals surface area contributed by atoms with E-state index in [1.807, 2.05) is 4.90 Å². The largest absolute Gasteiger partial charge is 0.343 e. The van der Waals surface area contributed by atoms with Gasteiger partial charge in [0, 0.05) is 38.7 Å². The van der Waals surface area contributed by atoms with E-state index in [9.17, 15) is 14.0 Å². The number of carbonyl (C=O) groups is 2. The zero-order valence-electron chi connectivity index (χ0n) is 10.9. The molecule has 1 heterocycles. The Hall–Kier alpha value is -1.75. The summed E-state index contributed by atoms with van der Waals surface area (Å²) < 4.78 is 12.7. The van der Waals surface area contributed by atoms with Crippen molar-refractivity contribution in [2.75, 3.05) is 33.2 Å². The Morgan fingerprint density at radius 2 is 1.95 bits per heavy atom. The Kier molecular flexibility index (Phi) is 4.27. The maximum atomic E-state index is 12.7. The minimum Gasteiger partial charge on any atom is -0.343 e. The van der Waals surface area contributed by atoms with Gasteiger partial charge in [-0.1, -0.05) is 0 Å². The van der Waals surface area contributed by atoms with Crippen molar-refractivity contribution in [3.05, 3.63) is 35.6 Å². The summed E-state index contributed by atoms with van der Waals surface area (Å²) in [5, 5.41) is 0. The number of rotatable bonds is 4. The van der Waals surface area contributed by atoms with Gasteiger partial charge in [0.1, 0.15) is 5.82 Å². The summed E-state index contributed by atoms with van der Waals surface area (Å²) in [6.45, 7) is 2.42. The molecule has 0 aromatic heterocycles. The van der Waals surface area contributed by atoms with Gasteiger partial charge in [0.25, 0.3) is 0 Å². The summed E-state index contributed by atoms with van der Waals surface area (Å²) in [7, 11) is 1.78. The molecule has 1 saturated heterocycles. The number of Topliss-reactive ketones (excluding diaryl/α,β-unsaturated/α-hetero) is 1. The highest BCUT2D eigenvalue weighted by Gasteiger charge is 2.21. The lowest BCUT2D eigenvalue weighted by Gasteiger charge is -2.31. The molecule has 4 nitrogen and oxygen atoms in total. The first kappa shape index (κ1) is 13.7. The van der Waals surface area contributed by atoms with E-state index in [-0.39, 0.29) is 17.5 Å². The van der Waals surface area contributed by atoms with Crippen molar-refractivity contribution in [3.63, 3.8) is 0 Å². The highest BCUT2D eigenvalue weighted by Crippen LogP contribution is 2.08. The second-order valence-corrected chi connectivity index (χ2v) is 4.77. The van der Waals surface area contributed by atoms with Gasteiger partial charge in [-0.05, 0) is 24.3 Å². The van der Waals surface area contributed by atoms with E-state index < -0.39 is 0 Å². The van der Waals surface area contributed by atoms with E-state index in [0.717, 1.165) is 6.54 Å². The lowest BCUT2D eigenvalue weighted by atomic mass is 10.1. The number of hydrogen-bond donors (Lipinski definition) is 0. The van der Waals surface area contributed by atoms with Gasteiger partial charge < -0.3 is 4.90 Å². The molecule has 0 bridgehead atoms. The number of hydrogen-bond acceptors (Lipinski definition) is 3. The molecule has 102 valence electrons. The summed E-state index contributed by atoms with van der Waals surface area (Å²) in [5.74, 6) is -0.284. The number of nitrogens with zero attached hydrogens (tertiary/aromatic N) is 2. The zero-order valence-corrected chi connectivity index (χ0v) is 10.9. The van der Waals surface area contributed by atoms with E-state index >= 15 is 0 Å². The number of ketones is 1. The maximum absolute atomic E-state index is 12.7. The van der Waals surface area contributed by atoms with Crippen molar-refractivity contribution < 1.29 is 14.0 Å². The van der Waals surface area contributed by atoms with Gasteiger partial charge in [0.15, 0.2) is 5.78 Å². The van der Waals surface area contributed by atoms with Crippen molar-refractivity contribution in [2.24, 2.45) is 0 Å². The Labute approximate surface area is 111 Å². The SMILES string of the molecule is CN1CCN(CCC(=O)c2ccc(F)cc2)CC1=O. The van der Waals surface area contributed by atoms with Crippen LogP contribution in [0.1, 0.15) is 16.8 Å². The van der Waals surface area contributed by atoms with Gasteiger partial charge in [0.2, 0.25) is 5.91 Å². The molecule has 1 aliphatic rings. The molecule has 0 N–H and O–H groups in total. The standard InChI is InChI=1S/C14H17FN2O2/c1-16-8-9-17(10-14(16)19)7-6-13(18)11-2-4-12(15)5-3-11/h2-5H,6-10H2,1H3. The molecule has 19 heavy (non-hydrogen) atoms. The predicted molar refractivity (Wildman–Crippen MR) is 69.4 cm³/mol. The third-order valence-electron chi connectivity index (χ3n) is 3.36. The summed E-state index contributed by atoms with van der Waals surface area (Å²) in [6.07, 6.45) is 0.350. The molecule has 0 aliphatic carbocycles. The molecule has 5 heteroatoms. The van der Waals surface area contributed by atoms with Crippen LogP contribution in [0.4, 0.5) is 4.39 Å². The lowest BCUT2D eigenvalue weighted by Crippen LogP contribution is -2.48. The van der Waals surface area contributed by atoms with Crippen LogP contribution in [-0.2, 0) is 4.79 Å². The lowest BCUT2D eigenvalue weighted by molar-refractivity contribution is -0.134. The summed E-state index contributed by atoms with van der Waals surface area (Å²) in [4.78, 5) is 27.1. The first-order valence-electron chi connectivity index (χ1n) is 6.31. The van der Waals surface area contributed by atoms with E-state index in [1.54, 1.807) is 11.9 Å². The van der Waals surface area contributed by atoms with E-state index in [2.05, 4.69) is 0 Å². The minimum atomic E-state index is -0.346. The molecule has 1 aromatic carbocycles. The fourth-order valence-corrected chi connectivity index (χ4v) is 2.04. The minimum absolute atomic E-state index is 0.0219. The number of carbonyl (C=O) groups excluding carboxylic acids is 2. The maximum Gasteiger partial charge on any atom is 0.236 e. The molecular weight excluding hydrogens is 247 g/mol. The second-order valence-electron chi connectivity index (χ2n) is 4.77. The molecule has 0 unspecified atom stereocenters. The molecule has 0 radical (unpaired) electrons. The highest BCUT2D eigenvalue weighted by molar-refractivity contribution is 5.96. The van der Waals surface area contributed by atoms with Gasteiger partial charge in [-0.2, -0.15) is 0 Å². The van der Waals surface area contributed by atoms with Crippen molar-refractivity contribution in [1.29, 1.82) is 0 Å². The summed E-state index contributed by atoms with van der Waals surface area (Å²) in [5.41, 5.74) is 0.516. The summed E-state index contributed by atoms with van der Waals surface area (Å²) in [6, 6.07) is 5.55. The monoisotopic (exact) mass is 264 g/mol. The molecule has 1 aromatic rings. The molecule has 1 aliphatic heterocycles. The fourth-order valence-electron chi connectivity index (χ4n) is 2.04. The summed E-state index contributed by atoms with van der Waals surface area (Å²) >= 11 is 0. The van der Waals surface area contributed by atoms with Crippen LogP contribution in [0.25, 0.3) is 0 Å². The third-order valence-corrected chi connectivity index (χ3v) is 3.36. The van der Waals surface area contributed by atoms with Crippen LogP contribution in [-0.4, -0.2) is 54.7 Å². The van der Waals surface area contributed by atoms with Crippen LogP contribution in [0.3, 0.4) is 0 Å². The Bertz CT molecular complexity index is 473. The van der Waals surface area contributed by atoms with Crippen LogP contribution in [0.5, 0.6) is 0 Å². The Morgan fingerprint density at radius 1 is 1.26 bits per heavy atom. The van der Waals surface area contributed by atoms with Crippen LogP contribution in [0.15, 0.2) is 24.3 Å². The normalized spacial score (nSPS) is 16.7. The van der Waals surface area contributed by atoms with Crippen LogP contribution < -0.4 is 0 Å². The molecule has 2 rings (SSSR count). The smallest absolute Gasteiger partial charge is 0.236 e. The van der Waals surface area contributed by atoms with E-state index in [1.165, 1.54) is 24.3 Å². The number of benzene rings is 1. The highest BCUT2D eigenvalue weighted by atomic mass is 19.1. The Morgan fingerprint density at radius 3 is 2.58 bits per heavy atom. The molecule has 1 amide bonds. The van der Waals surface area contributed by atoms with Crippen molar-refractivity contribution in [2.45, 2.75) is 6.42 Å². The van der Waals surface area contributed by atoms with Gasteiger partial charge >= 0.3 is 0 Å². The van der Waals surface area contributed by atoms with Crippen LogP contribution in [0, 0.1) is 5.82 Å². The molecule has 0 atom stereocenters. The Balaban J connectivity index is 1.84. The van der Waals surface area contributed by atoms with E-state index in [0.29, 0.717) is 31.6 Å². The van der Waals surface area contributed by atoms with Gasteiger partial charge in [-0.15, -0.1) is 0 Å². The number of piperazine rings is 1. The molecule has 0 spiro atoms. The number of likely N-dealkylation sites (N-methyl/N-ethyl adjacent to an activating group) is 1. The van der Waals surface area contributed by atoms with Crippen LogP contribution in [0.2, 0.25) is 0 Å². The number of halogens is 1. The van der Waals surface area contributed by atoms with Crippen molar-refractivity contribution in [3.8, 4) is 0 Å². The van der Waals surface area contributed by atoms with Crippen LogP contribution >= 0.6 is 0 Å². The molecular formula is C14H17FN2O2. The molecule has 1 fully saturated rings. The first-order chi connectivity index (χ1) is 9.06. The second kappa shape index (κ2) is 5.93.